The Kier molecular flexibility index (Phi) is 8.24. The van der Waals surface area contributed by atoms with Crippen molar-refractivity contribution < 1.29 is 14.3 Å². The van der Waals surface area contributed by atoms with Crippen molar-refractivity contribution in [1.82, 2.24) is 0 Å². The van der Waals surface area contributed by atoms with E-state index in [0.29, 0.717) is 13.0 Å². The second kappa shape index (κ2) is 9.90. The Labute approximate surface area is 149 Å². The van der Waals surface area contributed by atoms with Gasteiger partial charge in [-0.2, -0.15) is 0 Å². The van der Waals surface area contributed by atoms with Gasteiger partial charge in [0.05, 0.1) is 24.9 Å². The molecule has 0 saturated heterocycles. The number of nitrogens with zero attached hydrogens (tertiary/aromatic N) is 2. The summed E-state index contributed by atoms with van der Waals surface area (Å²) < 4.78 is 4.63. The maximum Gasteiger partial charge on any atom is 0.322 e. The molecule has 0 spiro atoms. The molecule has 0 bridgehead atoms. The molecule has 7 nitrogen and oxygen atoms in total. The number of aryl methyl sites for hydroxylation is 1. The molecular formula is C18H28N4O3. The van der Waals surface area contributed by atoms with E-state index in [0.717, 1.165) is 23.4 Å². The van der Waals surface area contributed by atoms with Gasteiger partial charge in [-0.05, 0) is 37.6 Å². The molecule has 1 atom stereocenters. The number of methoxy groups -OCH3 is 1. The van der Waals surface area contributed by atoms with E-state index in [1.807, 2.05) is 12.1 Å². The highest BCUT2D eigenvalue weighted by Gasteiger charge is 2.29. The molecule has 0 aliphatic carbocycles. The Balaban J connectivity index is 0.00000151. The molecule has 2 rings (SSSR count). The van der Waals surface area contributed by atoms with Gasteiger partial charge in [0.15, 0.2) is 0 Å². The van der Waals surface area contributed by atoms with Crippen LogP contribution in [0.25, 0.3) is 0 Å². The Morgan fingerprint density at radius 3 is 2.64 bits per heavy atom. The van der Waals surface area contributed by atoms with Crippen LogP contribution in [0.2, 0.25) is 0 Å². The quantitative estimate of drug-likeness (QED) is 0.767. The fourth-order valence-corrected chi connectivity index (χ4v) is 2.72. The highest BCUT2D eigenvalue weighted by Crippen LogP contribution is 2.29. The summed E-state index contributed by atoms with van der Waals surface area (Å²) in [4.78, 5) is 29.8. The van der Waals surface area contributed by atoms with Crippen molar-refractivity contribution in [3.05, 3.63) is 29.3 Å². The van der Waals surface area contributed by atoms with E-state index in [1.165, 1.54) is 19.7 Å². The minimum Gasteiger partial charge on any atom is -0.468 e. The number of hydrogen-bond acceptors (Lipinski definition) is 6. The summed E-state index contributed by atoms with van der Waals surface area (Å²) in [5.41, 5.74) is 14.1. The Hall–Kier alpha value is -2.25. The maximum atomic E-state index is 12.4. The lowest BCUT2D eigenvalue weighted by molar-refractivity contribution is -0.142. The topological polar surface area (TPSA) is 111 Å². The van der Waals surface area contributed by atoms with Crippen molar-refractivity contribution in [2.45, 2.75) is 32.2 Å². The molecular weight excluding hydrogens is 320 g/mol. The summed E-state index contributed by atoms with van der Waals surface area (Å²) in [7, 11) is 4.51. The zero-order valence-corrected chi connectivity index (χ0v) is 15.4. The van der Waals surface area contributed by atoms with Crippen LogP contribution in [0.1, 0.15) is 30.9 Å². The lowest BCUT2D eigenvalue weighted by Gasteiger charge is -2.31. The lowest BCUT2D eigenvalue weighted by Crippen LogP contribution is -2.42. The summed E-state index contributed by atoms with van der Waals surface area (Å²) in [6.07, 6.45) is 1.54. The molecule has 0 saturated carbocycles. The number of amides is 1. The van der Waals surface area contributed by atoms with Crippen LogP contribution in [0.3, 0.4) is 0 Å². The maximum absolute atomic E-state index is 12.4. The molecule has 1 aliphatic rings. The Morgan fingerprint density at radius 1 is 1.40 bits per heavy atom. The third-order valence-corrected chi connectivity index (χ3v) is 4.13. The van der Waals surface area contributed by atoms with Crippen LogP contribution < -0.4 is 16.4 Å². The van der Waals surface area contributed by atoms with E-state index >= 15 is 0 Å². The number of anilines is 1. The van der Waals surface area contributed by atoms with E-state index in [2.05, 4.69) is 28.5 Å². The molecule has 1 amide bonds. The van der Waals surface area contributed by atoms with Gasteiger partial charge >= 0.3 is 5.97 Å². The zero-order valence-electron chi connectivity index (χ0n) is 15.4. The molecule has 1 aromatic rings. The minimum absolute atomic E-state index is 0.0283. The third kappa shape index (κ3) is 4.87. The number of aliphatic imine (C=N–C) groups is 1. The van der Waals surface area contributed by atoms with Crippen LogP contribution >= 0.6 is 0 Å². The molecule has 4 N–H and O–H groups in total. The summed E-state index contributed by atoms with van der Waals surface area (Å²) >= 11 is 0. The number of rotatable bonds is 5. The van der Waals surface area contributed by atoms with E-state index in [9.17, 15) is 9.59 Å². The second-order valence-electron chi connectivity index (χ2n) is 5.52. The summed E-state index contributed by atoms with van der Waals surface area (Å²) in [5, 5.41) is 0. The van der Waals surface area contributed by atoms with Gasteiger partial charge in [-0.15, -0.1) is 0 Å². The molecule has 0 radical (unpaired) electrons. The molecule has 1 aliphatic heterocycles. The van der Waals surface area contributed by atoms with Crippen molar-refractivity contribution in [3.8, 4) is 0 Å². The molecule has 0 fully saturated rings. The lowest BCUT2D eigenvalue weighted by atomic mass is 9.95. The van der Waals surface area contributed by atoms with Gasteiger partial charge in [-0.1, -0.05) is 13.0 Å². The summed E-state index contributed by atoms with van der Waals surface area (Å²) in [6, 6.07) is 5.31. The van der Waals surface area contributed by atoms with Gasteiger partial charge in [-0.25, -0.2) is 0 Å². The molecule has 1 aromatic carbocycles. The van der Waals surface area contributed by atoms with Crippen LogP contribution in [0.4, 0.5) is 5.69 Å². The van der Waals surface area contributed by atoms with Crippen LogP contribution in [0.5, 0.6) is 0 Å². The fourth-order valence-electron chi connectivity index (χ4n) is 2.72. The van der Waals surface area contributed by atoms with Gasteiger partial charge in [0, 0.05) is 19.2 Å². The van der Waals surface area contributed by atoms with Gasteiger partial charge < -0.3 is 21.1 Å². The smallest absolute Gasteiger partial charge is 0.322 e. The number of hydrogen-bond donors (Lipinski definition) is 2. The zero-order chi connectivity index (χ0) is 19.0. The predicted molar refractivity (Wildman–Crippen MR) is 100.0 cm³/mol. The van der Waals surface area contributed by atoms with E-state index in [4.69, 9.17) is 5.73 Å². The van der Waals surface area contributed by atoms with Gasteiger partial charge in [-0.3, -0.25) is 14.6 Å². The molecule has 138 valence electrons. The van der Waals surface area contributed by atoms with Crippen molar-refractivity contribution in [2.75, 3.05) is 32.6 Å². The predicted octanol–water partition coefficient (Wildman–Crippen LogP) is 0.870. The number of benzene rings is 1. The molecule has 7 heteroatoms. The van der Waals surface area contributed by atoms with Gasteiger partial charge in [0.25, 0.3) is 0 Å². The van der Waals surface area contributed by atoms with Crippen LogP contribution in [-0.2, 0) is 20.7 Å². The van der Waals surface area contributed by atoms with Crippen LogP contribution in [0.15, 0.2) is 23.2 Å². The number of fused-ring (bicyclic) bond motifs is 1. The van der Waals surface area contributed by atoms with Crippen LogP contribution in [0, 0.1) is 0 Å². The monoisotopic (exact) mass is 348 g/mol. The normalized spacial score (nSPS) is 16.0. The SMILES string of the molecule is CCc1ccc2c(c1)C(=NC)CC(=O)N2CCC(N)C(=O)OC.CN. The molecule has 25 heavy (non-hydrogen) atoms. The largest absolute Gasteiger partial charge is 0.468 e. The number of esters is 1. The van der Waals surface area contributed by atoms with E-state index < -0.39 is 12.0 Å². The Morgan fingerprint density at radius 2 is 2.08 bits per heavy atom. The first-order valence-electron chi connectivity index (χ1n) is 8.32. The summed E-state index contributed by atoms with van der Waals surface area (Å²) in [6.45, 7) is 2.47. The number of ether oxygens (including phenoxy) is 1. The minimum atomic E-state index is -0.729. The highest BCUT2D eigenvalue weighted by atomic mass is 16.5. The van der Waals surface area contributed by atoms with Crippen molar-refractivity contribution in [2.24, 2.45) is 16.5 Å². The van der Waals surface area contributed by atoms with Crippen molar-refractivity contribution in [1.29, 1.82) is 0 Å². The van der Waals surface area contributed by atoms with Crippen molar-refractivity contribution >= 4 is 23.3 Å². The Bertz CT molecular complexity index is 643. The molecule has 1 unspecified atom stereocenters. The average molecular weight is 348 g/mol. The standard InChI is InChI=1S/C17H23N3O3.CH5N/c1-4-11-5-6-15-12(9-11)14(19-2)10-16(21)20(15)8-7-13(18)17(22)23-3;1-2/h5-6,9,13H,4,7-8,10,18H2,1-3H3;2H2,1H3. The van der Waals surface area contributed by atoms with Crippen molar-refractivity contribution in [3.63, 3.8) is 0 Å². The molecule has 1 heterocycles. The second-order valence-corrected chi connectivity index (χ2v) is 5.52. The number of carbonyl (C=O) groups excluding carboxylic acids is 2. The van der Waals surface area contributed by atoms with Gasteiger partial charge in [0.1, 0.15) is 6.04 Å². The van der Waals surface area contributed by atoms with Gasteiger partial charge in [0.2, 0.25) is 5.91 Å². The average Bonchev–Trinajstić information content (AvgIpc) is 2.66. The van der Waals surface area contributed by atoms with E-state index in [1.54, 1.807) is 11.9 Å². The highest BCUT2D eigenvalue weighted by molar-refractivity contribution is 6.21. The first-order chi connectivity index (χ1) is 12.0. The van der Waals surface area contributed by atoms with Crippen LogP contribution in [-0.4, -0.2) is 51.4 Å². The first kappa shape index (κ1) is 20.8. The fraction of sp³-hybridized carbons (Fsp3) is 0.500. The van der Waals surface area contributed by atoms with E-state index in [-0.39, 0.29) is 12.3 Å². The molecule has 0 aromatic heterocycles. The first-order valence-corrected chi connectivity index (χ1v) is 8.32. The number of carbonyl (C=O) groups is 2. The summed E-state index contributed by atoms with van der Waals surface area (Å²) in [5.74, 6) is -0.494. The number of nitrogens with two attached hydrogens (primary N) is 2. The third-order valence-electron chi connectivity index (χ3n) is 4.13.